The Morgan fingerprint density at radius 2 is 1.83 bits per heavy atom. The Morgan fingerprint density at radius 3 is 2.52 bits per heavy atom. The van der Waals surface area contributed by atoms with Gasteiger partial charge in [-0.15, -0.1) is 0 Å². The van der Waals surface area contributed by atoms with Gasteiger partial charge >= 0.3 is 0 Å². The number of aromatic nitrogens is 1. The van der Waals surface area contributed by atoms with Crippen LogP contribution in [0.25, 0.3) is 0 Å². The monoisotopic (exact) mass is 397 g/mol. The maximum absolute atomic E-state index is 11.9. The first-order valence-electron chi connectivity index (χ1n) is 10.5. The lowest BCUT2D eigenvalue weighted by Crippen LogP contribution is -2.42. The molecule has 0 fully saturated rings. The van der Waals surface area contributed by atoms with Crippen molar-refractivity contribution >= 4 is 11.6 Å². The molecule has 0 amide bonds. The normalized spacial score (nSPS) is 11.4. The SMILES string of the molecule is CCN(CCNC(=NC)NCCCCn1c(C)cccc1=O)c1cccc(C)c1. The minimum absolute atomic E-state index is 0.0736. The molecule has 6 nitrogen and oxygen atoms in total. The van der Waals surface area contributed by atoms with Gasteiger partial charge in [-0.2, -0.15) is 0 Å². The molecule has 158 valence electrons. The standard InChI is InChI=1S/C23H35N5O/c1-5-27(21-12-8-10-19(2)18-21)17-15-26-23(24-4)25-14-6-7-16-28-20(3)11-9-13-22(28)29/h8-13,18H,5-7,14-17H2,1-4H3,(H2,24,25,26). The molecule has 1 aromatic heterocycles. The van der Waals surface area contributed by atoms with Crippen LogP contribution in [0.5, 0.6) is 0 Å². The quantitative estimate of drug-likeness (QED) is 0.368. The fourth-order valence-corrected chi connectivity index (χ4v) is 3.34. The number of nitrogens with zero attached hydrogens (tertiary/aromatic N) is 3. The second-order valence-corrected chi connectivity index (χ2v) is 7.21. The van der Waals surface area contributed by atoms with Crippen molar-refractivity contribution in [1.82, 2.24) is 15.2 Å². The number of hydrogen-bond donors (Lipinski definition) is 2. The molecule has 0 radical (unpaired) electrons. The first-order chi connectivity index (χ1) is 14.0. The summed E-state index contributed by atoms with van der Waals surface area (Å²) >= 11 is 0. The van der Waals surface area contributed by atoms with Crippen molar-refractivity contribution in [2.75, 3.05) is 38.1 Å². The van der Waals surface area contributed by atoms with Crippen LogP contribution in [0.15, 0.2) is 52.3 Å². The summed E-state index contributed by atoms with van der Waals surface area (Å²) in [6, 6.07) is 14.0. The average Bonchev–Trinajstić information content (AvgIpc) is 2.71. The molecule has 0 unspecified atom stereocenters. The highest BCUT2D eigenvalue weighted by molar-refractivity contribution is 5.79. The molecule has 29 heavy (non-hydrogen) atoms. The molecule has 6 heteroatoms. The first-order valence-corrected chi connectivity index (χ1v) is 10.5. The van der Waals surface area contributed by atoms with E-state index in [-0.39, 0.29) is 5.56 Å². The Morgan fingerprint density at radius 1 is 1.07 bits per heavy atom. The van der Waals surface area contributed by atoms with Crippen LogP contribution in [-0.2, 0) is 6.54 Å². The fraction of sp³-hybridized carbons (Fsp3) is 0.478. The predicted octanol–water partition coefficient (Wildman–Crippen LogP) is 2.94. The molecule has 0 bridgehead atoms. The second-order valence-electron chi connectivity index (χ2n) is 7.21. The maximum atomic E-state index is 11.9. The summed E-state index contributed by atoms with van der Waals surface area (Å²) in [5, 5.41) is 6.75. The number of guanidine groups is 1. The maximum Gasteiger partial charge on any atom is 0.250 e. The van der Waals surface area contributed by atoms with Crippen LogP contribution in [0.2, 0.25) is 0 Å². The zero-order chi connectivity index (χ0) is 21.1. The average molecular weight is 398 g/mol. The number of unbranched alkanes of at least 4 members (excludes halogenated alkanes) is 1. The number of likely N-dealkylation sites (N-methyl/N-ethyl adjacent to an activating group) is 1. The molecule has 0 saturated heterocycles. The van der Waals surface area contributed by atoms with E-state index in [2.05, 4.69) is 58.6 Å². The fourth-order valence-electron chi connectivity index (χ4n) is 3.34. The van der Waals surface area contributed by atoms with E-state index in [1.54, 1.807) is 13.1 Å². The van der Waals surface area contributed by atoms with Crippen LogP contribution in [0.3, 0.4) is 0 Å². The van der Waals surface area contributed by atoms with Crippen molar-refractivity contribution in [3.05, 3.63) is 64.1 Å². The van der Waals surface area contributed by atoms with Crippen LogP contribution < -0.4 is 21.1 Å². The summed E-state index contributed by atoms with van der Waals surface area (Å²) in [6.07, 6.45) is 1.93. The van der Waals surface area contributed by atoms with Crippen molar-refractivity contribution in [3.63, 3.8) is 0 Å². The van der Waals surface area contributed by atoms with Gasteiger partial charge in [0.05, 0.1) is 0 Å². The van der Waals surface area contributed by atoms with Gasteiger partial charge in [-0.1, -0.05) is 18.2 Å². The van der Waals surface area contributed by atoms with Crippen LogP contribution in [0, 0.1) is 13.8 Å². The van der Waals surface area contributed by atoms with E-state index in [9.17, 15) is 4.79 Å². The number of aliphatic imine (C=N–C) groups is 1. The van der Waals surface area contributed by atoms with Gasteiger partial charge in [0.15, 0.2) is 5.96 Å². The number of pyridine rings is 1. The highest BCUT2D eigenvalue weighted by Gasteiger charge is 2.05. The molecule has 2 N–H and O–H groups in total. The van der Waals surface area contributed by atoms with Gasteiger partial charge in [0, 0.05) is 57.2 Å². The minimum atomic E-state index is 0.0736. The van der Waals surface area contributed by atoms with Crippen molar-refractivity contribution < 1.29 is 0 Å². The Hall–Kier alpha value is -2.76. The van der Waals surface area contributed by atoms with Crippen molar-refractivity contribution in [1.29, 1.82) is 0 Å². The van der Waals surface area contributed by atoms with E-state index in [1.165, 1.54) is 11.3 Å². The van der Waals surface area contributed by atoms with Crippen LogP contribution in [-0.4, -0.2) is 43.8 Å². The molecule has 2 aromatic rings. The number of benzene rings is 1. The Labute approximate surface area is 174 Å². The smallest absolute Gasteiger partial charge is 0.250 e. The molecular formula is C23H35N5O. The topological polar surface area (TPSA) is 61.7 Å². The summed E-state index contributed by atoms with van der Waals surface area (Å²) in [5.41, 5.74) is 3.62. The zero-order valence-electron chi connectivity index (χ0n) is 18.2. The molecule has 1 aromatic carbocycles. The summed E-state index contributed by atoms with van der Waals surface area (Å²) < 4.78 is 1.83. The molecule has 0 aliphatic rings. The number of aryl methyl sites for hydroxylation is 2. The predicted molar refractivity (Wildman–Crippen MR) is 123 cm³/mol. The molecule has 0 aliphatic carbocycles. The summed E-state index contributed by atoms with van der Waals surface area (Å²) in [6.45, 7) is 10.6. The van der Waals surface area contributed by atoms with Gasteiger partial charge < -0.3 is 20.1 Å². The van der Waals surface area contributed by atoms with Gasteiger partial charge in [-0.25, -0.2) is 0 Å². The summed E-state index contributed by atoms with van der Waals surface area (Å²) in [7, 11) is 1.79. The van der Waals surface area contributed by atoms with Crippen molar-refractivity contribution in [3.8, 4) is 0 Å². The molecule has 0 atom stereocenters. The van der Waals surface area contributed by atoms with E-state index in [0.717, 1.165) is 57.2 Å². The second kappa shape index (κ2) is 11.9. The van der Waals surface area contributed by atoms with Gasteiger partial charge in [0.1, 0.15) is 0 Å². The third-order valence-electron chi connectivity index (χ3n) is 5.02. The largest absolute Gasteiger partial charge is 0.370 e. The molecule has 0 aliphatic heterocycles. The molecule has 0 saturated carbocycles. The van der Waals surface area contributed by atoms with Gasteiger partial charge in [-0.3, -0.25) is 9.79 Å². The van der Waals surface area contributed by atoms with E-state index in [1.807, 2.05) is 23.6 Å². The number of hydrogen-bond acceptors (Lipinski definition) is 3. The van der Waals surface area contributed by atoms with E-state index in [0.29, 0.717) is 0 Å². The number of anilines is 1. The van der Waals surface area contributed by atoms with Gasteiger partial charge in [0.2, 0.25) is 0 Å². The minimum Gasteiger partial charge on any atom is -0.370 e. The van der Waals surface area contributed by atoms with Gasteiger partial charge in [0.25, 0.3) is 5.56 Å². The van der Waals surface area contributed by atoms with Crippen LogP contribution in [0.4, 0.5) is 5.69 Å². The number of nitrogens with one attached hydrogen (secondary N) is 2. The lowest BCUT2D eigenvalue weighted by molar-refractivity contribution is 0.575. The van der Waals surface area contributed by atoms with E-state index >= 15 is 0 Å². The van der Waals surface area contributed by atoms with Crippen LogP contribution >= 0.6 is 0 Å². The Bertz CT molecular complexity index is 843. The summed E-state index contributed by atoms with van der Waals surface area (Å²) in [5.74, 6) is 0.818. The van der Waals surface area contributed by atoms with Crippen LogP contribution in [0.1, 0.15) is 31.0 Å². The molecule has 0 spiro atoms. The highest BCUT2D eigenvalue weighted by atomic mass is 16.1. The Balaban J connectivity index is 1.69. The lowest BCUT2D eigenvalue weighted by Gasteiger charge is -2.24. The van der Waals surface area contributed by atoms with Crippen molar-refractivity contribution in [2.45, 2.75) is 40.2 Å². The third-order valence-corrected chi connectivity index (χ3v) is 5.02. The van der Waals surface area contributed by atoms with E-state index < -0.39 is 0 Å². The van der Waals surface area contributed by atoms with E-state index in [4.69, 9.17) is 0 Å². The lowest BCUT2D eigenvalue weighted by atomic mass is 10.2. The van der Waals surface area contributed by atoms with Gasteiger partial charge in [-0.05, 0) is 57.4 Å². The highest BCUT2D eigenvalue weighted by Crippen LogP contribution is 2.14. The molecule has 2 rings (SSSR count). The molecule has 1 heterocycles. The molecular weight excluding hydrogens is 362 g/mol. The van der Waals surface area contributed by atoms with Crippen molar-refractivity contribution in [2.24, 2.45) is 4.99 Å². The number of rotatable bonds is 10. The Kier molecular flexibility index (Phi) is 9.28. The summed E-state index contributed by atoms with van der Waals surface area (Å²) in [4.78, 5) is 18.5. The first kappa shape index (κ1) is 22.5. The zero-order valence-corrected chi connectivity index (χ0v) is 18.2. The third kappa shape index (κ3) is 7.29.